The summed E-state index contributed by atoms with van der Waals surface area (Å²) < 4.78 is 1.62. The van der Waals surface area contributed by atoms with Gasteiger partial charge in [-0.3, -0.25) is 14.3 Å². The molecule has 0 radical (unpaired) electrons. The van der Waals surface area contributed by atoms with Crippen LogP contribution in [0.5, 0.6) is 0 Å². The molecular formula is C17H17ClN4O2. The monoisotopic (exact) mass is 344 g/mol. The molecule has 1 fully saturated rings. The predicted octanol–water partition coefficient (Wildman–Crippen LogP) is 2.08. The molecule has 1 aromatic carbocycles. The lowest BCUT2D eigenvalue weighted by molar-refractivity contribution is 0.0683. The number of benzene rings is 1. The maximum atomic E-state index is 12.7. The summed E-state index contributed by atoms with van der Waals surface area (Å²) in [5, 5.41) is 7.81. The van der Waals surface area contributed by atoms with Crippen molar-refractivity contribution in [3.8, 4) is 0 Å². The van der Waals surface area contributed by atoms with E-state index in [2.05, 4.69) is 10.4 Å². The number of hydrogen-bond donors (Lipinski definition) is 1. The van der Waals surface area contributed by atoms with Crippen LogP contribution in [0.2, 0.25) is 5.02 Å². The van der Waals surface area contributed by atoms with Crippen molar-refractivity contribution in [2.24, 2.45) is 0 Å². The van der Waals surface area contributed by atoms with Gasteiger partial charge in [0.25, 0.3) is 11.8 Å². The molecule has 2 aliphatic rings. The number of hydrogen-bond acceptors (Lipinski definition) is 3. The van der Waals surface area contributed by atoms with Crippen molar-refractivity contribution in [3.05, 3.63) is 52.3 Å². The van der Waals surface area contributed by atoms with Crippen LogP contribution in [-0.4, -0.2) is 39.1 Å². The SMILES string of the molecule is O=C(NC1CC1)c1cc2n(n1)CCN(Cc1ccccc1Cl)C2=O. The summed E-state index contributed by atoms with van der Waals surface area (Å²) in [5.41, 5.74) is 1.67. The van der Waals surface area contributed by atoms with Gasteiger partial charge in [0.15, 0.2) is 5.69 Å². The zero-order chi connectivity index (χ0) is 16.7. The van der Waals surface area contributed by atoms with Crippen molar-refractivity contribution in [2.75, 3.05) is 6.54 Å². The molecular weight excluding hydrogens is 328 g/mol. The number of halogens is 1. The standard InChI is InChI=1S/C17H17ClN4O2/c18-13-4-2-1-3-11(13)10-21-7-8-22-15(17(21)24)9-14(20-22)16(23)19-12-5-6-12/h1-4,9,12H,5-8,10H2,(H,19,23). The number of carbonyl (C=O) groups is 2. The molecule has 0 bridgehead atoms. The fourth-order valence-electron chi connectivity index (χ4n) is 2.82. The molecule has 2 amide bonds. The van der Waals surface area contributed by atoms with Crippen LogP contribution in [0.15, 0.2) is 30.3 Å². The highest BCUT2D eigenvalue weighted by Gasteiger charge is 2.30. The molecule has 1 aliphatic heterocycles. The summed E-state index contributed by atoms with van der Waals surface area (Å²) in [6.07, 6.45) is 2.04. The third-order valence-corrected chi connectivity index (χ3v) is 4.70. The van der Waals surface area contributed by atoms with Crippen molar-refractivity contribution in [2.45, 2.75) is 32.0 Å². The van der Waals surface area contributed by atoms with E-state index >= 15 is 0 Å². The van der Waals surface area contributed by atoms with Crippen LogP contribution in [0.25, 0.3) is 0 Å². The van der Waals surface area contributed by atoms with Gasteiger partial charge in [0, 0.05) is 30.2 Å². The predicted molar refractivity (Wildman–Crippen MR) is 88.9 cm³/mol. The average Bonchev–Trinajstić information content (AvgIpc) is 3.27. The van der Waals surface area contributed by atoms with Crippen LogP contribution in [0.3, 0.4) is 0 Å². The molecule has 7 heteroatoms. The minimum atomic E-state index is -0.204. The van der Waals surface area contributed by atoms with Crippen LogP contribution in [0.4, 0.5) is 0 Å². The number of nitrogens with one attached hydrogen (secondary N) is 1. The topological polar surface area (TPSA) is 67.2 Å². The van der Waals surface area contributed by atoms with E-state index in [0.717, 1.165) is 18.4 Å². The van der Waals surface area contributed by atoms with Gasteiger partial charge in [0.2, 0.25) is 0 Å². The van der Waals surface area contributed by atoms with E-state index in [9.17, 15) is 9.59 Å². The normalized spacial score (nSPS) is 16.9. The zero-order valence-electron chi connectivity index (χ0n) is 13.0. The number of amides is 2. The van der Waals surface area contributed by atoms with Gasteiger partial charge < -0.3 is 10.2 Å². The third-order valence-electron chi connectivity index (χ3n) is 4.33. The van der Waals surface area contributed by atoms with Crippen molar-refractivity contribution in [3.63, 3.8) is 0 Å². The lowest BCUT2D eigenvalue weighted by Crippen LogP contribution is -2.39. The first-order valence-electron chi connectivity index (χ1n) is 8.03. The Bertz CT molecular complexity index is 813. The van der Waals surface area contributed by atoms with E-state index in [1.165, 1.54) is 0 Å². The number of carbonyl (C=O) groups excluding carboxylic acids is 2. The molecule has 0 spiro atoms. The number of nitrogens with zero attached hydrogens (tertiary/aromatic N) is 3. The van der Waals surface area contributed by atoms with E-state index in [0.29, 0.717) is 36.0 Å². The Kier molecular flexibility index (Phi) is 3.76. The third kappa shape index (κ3) is 2.89. The summed E-state index contributed by atoms with van der Waals surface area (Å²) in [7, 11) is 0. The second kappa shape index (κ2) is 5.94. The molecule has 1 N–H and O–H groups in total. The zero-order valence-corrected chi connectivity index (χ0v) is 13.8. The van der Waals surface area contributed by atoms with E-state index in [4.69, 9.17) is 11.6 Å². The van der Waals surface area contributed by atoms with Crippen LogP contribution in [-0.2, 0) is 13.1 Å². The van der Waals surface area contributed by atoms with Gasteiger partial charge in [0.05, 0.1) is 6.54 Å². The van der Waals surface area contributed by atoms with Crippen LogP contribution < -0.4 is 5.32 Å². The molecule has 24 heavy (non-hydrogen) atoms. The van der Waals surface area contributed by atoms with Crippen molar-refractivity contribution >= 4 is 23.4 Å². The maximum absolute atomic E-state index is 12.7. The molecule has 1 saturated carbocycles. The van der Waals surface area contributed by atoms with Crippen molar-refractivity contribution < 1.29 is 9.59 Å². The first kappa shape index (κ1) is 15.2. The fourth-order valence-corrected chi connectivity index (χ4v) is 3.01. The molecule has 1 aromatic heterocycles. The number of aromatic nitrogens is 2. The summed E-state index contributed by atoms with van der Waals surface area (Å²) in [6.45, 7) is 1.57. The largest absolute Gasteiger partial charge is 0.348 e. The van der Waals surface area contributed by atoms with Gasteiger partial charge in [0.1, 0.15) is 5.69 Å². The highest BCUT2D eigenvalue weighted by molar-refractivity contribution is 6.31. The Labute approximate surface area is 144 Å². The number of fused-ring (bicyclic) bond motifs is 1. The Morgan fingerprint density at radius 3 is 2.83 bits per heavy atom. The first-order valence-corrected chi connectivity index (χ1v) is 8.41. The lowest BCUT2D eigenvalue weighted by Gasteiger charge is -2.27. The first-order chi connectivity index (χ1) is 11.6. The molecule has 6 nitrogen and oxygen atoms in total. The Balaban J connectivity index is 1.52. The highest BCUT2D eigenvalue weighted by atomic mass is 35.5. The summed E-state index contributed by atoms with van der Waals surface area (Å²) in [4.78, 5) is 26.5. The summed E-state index contributed by atoms with van der Waals surface area (Å²) in [5.74, 6) is -0.330. The molecule has 124 valence electrons. The molecule has 4 rings (SSSR count). The molecule has 0 unspecified atom stereocenters. The number of rotatable bonds is 4. The van der Waals surface area contributed by atoms with Crippen molar-refractivity contribution in [1.29, 1.82) is 0 Å². The smallest absolute Gasteiger partial charge is 0.272 e. The van der Waals surface area contributed by atoms with Gasteiger partial charge in [-0.2, -0.15) is 5.10 Å². The van der Waals surface area contributed by atoms with Crippen LogP contribution in [0, 0.1) is 0 Å². The van der Waals surface area contributed by atoms with Gasteiger partial charge in [-0.1, -0.05) is 29.8 Å². The minimum absolute atomic E-state index is 0.126. The van der Waals surface area contributed by atoms with E-state index in [-0.39, 0.29) is 17.9 Å². The molecule has 2 aromatic rings. The van der Waals surface area contributed by atoms with E-state index < -0.39 is 0 Å². The fraction of sp³-hybridized carbons (Fsp3) is 0.353. The van der Waals surface area contributed by atoms with Crippen LogP contribution in [0.1, 0.15) is 39.4 Å². The van der Waals surface area contributed by atoms with Gasteiger partial charge in [-0.05, 0) is 24.5 Å². The van der Waals surface area contributed by atoms with Gasteiger partial charge in [-0.25, -0.2) is 0 Å². The molecule has 1 aliphatic carbocycles. The van der Waals surface area contributed by atoms with E-state index in [1.807, 2.05) is 24.3 Å². The molecule has 0 saturated heterocycles. The Morgan fingerprint density at radius 1 is 1.29 bits per heavy atom. The second-order valence-corrected chi connectivity index (χ2v) is 6.61. The lowest BCUT2D eigenvalue weighted by atomic mass is 10.2. The quantitative estimate of drug-likeness (QED) is 0.923. The van der Waals surface area contributed by atoms with Gasteiger partial charge >= 0.3 is 0 Å². The molecule has 0 atom stereocenters. The van der Waals surface area contributed by atoms with Crippen molar-refractivity contribution in [1.82, 2.24) is 20.0 Å². The Morgan fingerprint density at radius 2 is 2.08 bits per heavy atom. The van der Waals surface area contributed by atoms with Crippen LogP contribution >= 0.6 is 11.6 Å². The average molecular weight is 345 g/mol. The second-order valence-electron chi connectivity index (χ2n) is 6.20. The maximum Gasteiger partial charge on any atom is 0.272 e. The van der Waals surface area contributed by atoms with Gasteiger partial charge in [-0.15, -0.1) is 0 Å². The highest BCUT2D eigenvalue weighted by Crippen LogP contribution is 2.22. The van der Waals surface area contributed by atoms with E-state index in [1.54, 1.807) is 15.6 Å². The summed E-state index contributed by atoms with van der Waals surface area (Å²) >= 11 is 6.18. The molecule has 2 heterocycles. The summed E-state index contributed by atoms with van der Waals surface area (Å²) in [6, 6.07) is 9.35. The minimum Gasteiger partial charge on any atom is -0.348 e. The Hall–Kier alpha value is -2.34.